The maximum atomic E-state index is 2.84. The summed E-state index contributed by atoms with van der Waals surface area (Å²) in [6.45, 7) is 42.8. The summed E-state index contributed by atoms with van der Waals surface area (Å²) in [7, 11) is -3.18. The highest BCUT2D eigenvalue weighted by atomic mass is 28.3. The molecule has 0 saturated heterocycles. The van der Waals surface area contributed by atoms with Gasteiger partial charge in [0.15, 0.2) is 8.07 Å². The largest absolute Gasteiger partial charge is 0.310 e. The Kier molecular flexibility index (Phi) is 10.4. The first-order valence-electron chi connectivity index (χ1n) is 30.7. The Morgan fingerprint density at radius 1 is 0.361 bits per heavy atom. The van der Waals surface area contributed by atoms with Crippen LogP contribution in [0.1, 0.15) is 158 Å². The number of aromatic nitrogens is 2. The molecule has 4 aliphatic rings. The first kappa shape index (κ1) is 52.5. The summed E-state index contributed by atoms with van der Waals surface area (Å²) in [5.41, 5.74) is 26.7. The molecule has 6 heterocycles. The molecule has 83 heavy (non-hydrogen) atoms. The van der Waals surface area contributed by atoms with Crippen LogP contribution in [0.2, 0.25) is 0 Å². The Morgan fingerprint density at radius 2 is 0.843 bits per heavy atom. The predicted molar refractivity (Wildman–Crippen MR) is 363 cm³/mol. The molecule has 1 spiro atoms. The average molecular weight is 1100 g/mol. The first-order chi connectivity index (χ1) is 39.0. The molecule has 15 rings (SSSR count). The molecular formula is C78H80BN3Si. The van der Waals surface area contributed by atoms with Gasteiger partial charge in [0.05, 0.1) is 22.2 Å². The summed E-state index contributed by atoms with van der Waals surface area (Å²) in [5.74, 6) is 0. The van der Waals surface area contributed by atoms with Gasteiger partial charge < -0.3 is 14.0 Å². The van der Waals surface area contributed by atoms with Crippen LogP contribution >= 0.6 is 0 Å². The summed E-state index contributed by atoms with van der Waals surface area (Å²) in [5, 5.41) is 11.5. The van der Waals surface area contributed by atoms with Crippen molar-refractivity contribution in [3.05, 3.63) is 191 Å². The van der Waals surface area contributed by atoms with Crippen LogP contribution in [-0.2, 0) is 32.5 Å². The predicted octanol–water partition coefficient (Wildman–Crippen LogP) is 15.9. The lowest BCUT2D eigenvalue weighted by atomic mass is 9.34. The molecule has 0 saturated carbocycles. The summed E-state index contributed by atoms with van der Waals surface area (Å²) >= 11 is 0. The number of fused-ring (bicyclic) bond motifs is 14. The van der Waals surface area contributed by atoms with Gasteiger partial charge in [0.1, 0.15) is 0 Å². The van der Waals surface area contributed by atoms with Crippen LogP contribution in [0, 0.1) is 0 Å². The quantitative estimate of drug-likeness (QED) is 0.161. The van der Waals surface area contributed by atoms with Gasteiger partial charge in [0.2, 0.25) is 0 Å². The van der Waals surface area contributed by atoms with Crippen molar-refractivity contribution in [2.75, 3.05) is 4.90 Å². The third-order valence-electron chi connectivity index (χ3n) is 20.0. The average Bonchev–Trinajstić information content (AvgIpc) is 1.57. The van der Waals surface area contributed by atoms with Crippen molar-refractivity contribution in [2.24, 2.45) is 0 Å². The Labute approximate surface area is 494 Å². The third kappa shape index (κ3) is 7.10. The molecule has 11 aromatic rings. The van der Waals surface area contributed by atoms with Crippen LogP contribution in [0.4, 0.5) is 17.1 Å². The smallest absolute Gasteiger partial charge is 0.252 e. The lowest BCUT2D eigenvalue weighted by Crippen LogP contribution is -2.77. The summed E-state index contributed by atoms with van der Waals surface area (Å²) in [4.78, 5) is 2.55. The zero-order valence-electron chi connectivity index (χ0n) is 52.4. The normalized spacial score (nSPS) is 14.9. The molecule has 3 nitrogen and oxygen atoms in total. The molecule has 0 fully saturated rings. The van der Waals surface area contributed by atoms with Gasteiger partial charge in [-0.15, -0.1) is 0 Å². The molecule has 2 aromatic heterocycles. The summed E-state index contributed by atoms with van der Waals surface area (Å²) in [6, 6.07) is 64.3. The maximum absolute atomic E-state index is 3.18. The second kappa shape index (κ2) is 16.5. The van der Waals surface area contributed by atoms with Gasteiger partial charge in [-0.05, 0) is 169 Å². The van der Waals surface area contributed by atoms with E-state index in [9.17, 15) is 0 Å². The fourth-order valence-electron chi connectivity index (χ4n) is 15.4. The number of hydrogen-bond donors (Lipinski definition) is 0. The zero-order valence-corrected chi connectivity index (χ0v) is 53.4. The van der Waals surface area contributed by atoms with E-state index >= 15 is 0 Å². The molecule has 0 amide bonds. The van der Waals surface area contributed by atoms with Crippen LogP contribution in [0.15, 0.2) is 158 Å². The third-order valence-corrected chi connectivity index (χ3v) is 24.9. The van der Waals surface area contributed by atoms with Crippen LogP contribution in [-0.4, -0.2) is 23.9 Å². The molecular weight excluding hydrogens is 1020 g/mol. The van der Waals surface area contributed by atoms with Crippen molar-refractivity contribution in [3.63, 3.8) is 0 Å². The second-order valence-corrected chi connectivity index (χ2v) is 35.1. The van der Waals surface area contributed by atoms with Crippen LogP contribution in [0.25, 0.3) is 66.1 Å². The molecule has 5 heteroatoms. The monoisotopic (exact) mass is 1100 g/mol. The van der Waals surface area contributed by atoms with E-state index in [1.807, 2.05) is 0 Å². The highest BCUT2D eigenvalue weighted by molar-refractivity contribution is 7.24. The van der Waals surface area contributed by atoms with Crippen molar-refractivity contribution in [1.29, 1.82) is 0 Å². The van der Waals surface area contributed by atoms with E-state index in [1.165, 1.54) is 127 Å². The lowest BCUT2D eigenvalue weighted by molar-refractivity contribution is 0.590. The molecule has 0 radical (unpaired) electrons. The minimum absolute atomic E-state index is 0.0267. The van der Waals surface area contributed by atoms with Gasteiger partial charge in [-0.25, -0.2) is 0 Å². The van der Waals surface area contributed by atoms with Crippen molar-refractivity contribution >= 4 is 113 Å². The molecule has 414 valence electrons. The van der Waals surface area contributed by atoms with Crippen LogP contribution in [0.5, 0.6) is 0 Å². The number of nitrogens with zero attached hydrogens (tertiary/aromatic N) is 3. The highest BCUT2D eigenvalue weighted by Crippen LogP contribution is 2.49. The lowest BCUT2D eigenvalue weighted by Gasteiger charge is -2.43. The Bertz CT molecular complexity index is 4530. The van der Waals surface area contributed by atoms with E-state index in [-0.39, 0.29) is 39.2 Å². The zero-order chi connectivity index (χ0) is 58.4. The van der Waals surface area contributed by atoms with Crippen molar-refractivity contribution in [3.8, 4) is 22.5 Å². The van der Waals surface area contributed by atoms with E-state index in [0.29, 0.717) is 0 Å². The van der Waals surface area contributed by atoms with Crippen LogP contribution in [0.3, 0.4) is 0 Å². The van der Waals surface area contributed by atoms with E-state index in [1.54, 1.807) is 15.6 Å². The van der Waals surface area contributed by atoms with Crippen molar-refractivity contribution < 1.29 is 0 Å². The van der Waals surface area contributed by atoms with E-state index in [4.69, 9.17) is 0 Å². The molecule has 0 atom stereocenters. The van der Waals surface area contributed by atoms with Gasteiger partial charge in [-0.1, -0.05) is 228 Å². The topological polar surface area (TPSA) is 13.1 Å². The minimum atomic E-state index is -3.18. The van der Waals surface area contributed by atoms with Gasteiger partial charge in [0.25, 0.3) is 6.71 Å². The summed E-state index contributed by atoms with van der Waals surface area (Å²) < 4.78 is 5.54. The molecule has 9 aromatic carbocycles. The van der Waals surface area contributed by atoms with Crippen molar-refractivity contribution in [2.45, 2.75) is 157 Å². The highest BCUT2D eigenvalue weighted by Gasteiger charge is 2.57. The van der Waals surface area contributed by atoms with Crippen LogP contribution < -0.4 is 42.0 Å². The fourth-order valence-corrected chi connectivity index (χ4v) is 21.0. The molecule has 4 aliphatic heterocycles. The first-order valence-corrected chi connectivity index (χ1v) is 32.7. The number of anilines is 3. The van der Waals surface area contributed by atoms with E-state index in [2.05, 4.69) is 296 Å². The van der Waals surface area contributed by atoms with Gasteiger partial charge in [0, 0.05) is 49.8 Å². The fraction of sp³-hybridized carbons (Fsp3) is 0.308. The molecule has 0 aliphatic carbocycles. The summed E-state index contributed by atoms with van der Waals surface area (Å²) in [6.07, 6.45) is 0. The number of benzene rings is 9. The number of rotatable bonds is 3. The maximum Gasteiger partial charge on any atom is 0.252 e. The Hall–Kier alpha value is -7.34. The van der Waals surface area contributed by atoms with E-state index < -0.39 is 8.07 Å². The van der Waals surface area contributed by atoms with Gasteiger partial charge >= 0.3 is 0 Å². The Balaban J connectivity index is 1.13. The van der Waals surface area contributed by atoms with Gasteiger partial charge in [-0.2, -0.15) is 0 Å². The SMILES string of the molecule is CC(C)(C)c1ccc(N(c2ccc(C(C)(C)C)cc2)c2ccc3c4c2c2ccccc2n4-c2ccc4c5c2B3c2cc(C(C)(C)C)cc3c6cc(C(C)(C)C)cc(c6n-5c23)[Si]42c3cc(C(C)(C)C)ccc3-c3ccc(C(C)(C)C)cc32)cc1. The number of hydrogen-bond acceptors (Lipinski definition) is 1. The standard InChI is InChI=1S/C78H80BN3Si/c1-73(2,3)45-23-29-51(30-24-45)80(52-31-25-46(26-32-52)74(4,5)6)61-36-35-58-71-67(61)55-21-19-20-22-60(55)81(71)62-37-38-63-72-68(62)79(58)59-41-49(77(13,14)15)39-56-57-40-50(78(16,17)18)44-66(70(57)82(72)69(56)59)83(63)64-42-47(75(7,8)9)27-33-53(64)54-34-28-48(43-65(54)83)76(10,11)12/h19-44H,1-18H3. The number of para-hydroxylation sites is 1. The molecule has 0 unspecified atom stereocenters. The van der Waals surface area contributed by atoms with E-state index in [0.717, 1.165) is 11.4 Å². The van der Waals surface area contributed by atoms with Gasteiger partial charge in [-0.3, -0.25) is 0 Å². The van der Waals surface area contributed by atoms with Crippen molar-refractivity contribution in [1.82, 2.24) is 9.13 Å². The Morgan fingerprint density at radius 3 is 1.37 bits per heavy atom. The molecule has 0 N–H and O–H groups in total. The molecule has 0 bridgehead atoms. The minimum Gasteiger partial charge on any atom is -0.310 e. The second-order valence-electron chi connectivity index (χ2n) is 31.5.